The van der Waals surface area contributed by atoms with E-state index in [0.29, 0.717) is 17.5 Å². The van der Waals surface area contributed by atoms with Crippen molar-refractivity contribution in [1.82, 2.24) is 15.5 Å². The molecule has 0 bridgehead atoms. The highest BCUT2D eigenvalue weighted by Gasteiger charge is 2.22. The Bertz CT molecular complexity index is 334. The molecule has 2 rings (SSSR count). The summed E-state index contributed by atoms with van der Waals surface area (Å²) in [6.07, 6.45) is 9.33. The molecular weight excluding hydrogens is 202 g/mol. The lowest BCUT2D eigenvalue weighted by Gasteiger charge is -2.22. The van der Waals surface area contributed by atoms with Crippen molar-refractivity contribution in [1.29, 1.82) is 0 Å². The van der Waals surface area contributed by atoms with Crippen LogP contribution in [0.2, 0.25) is 0 Å². The fourth-order valence-corrected chi connectivity index (χ4v) is 2.33. The van der Waals surface area contributed by atoms with Crippen molar-refractivity contribution in [3.63, 3.8) is 0 Å². The van der Waals surface area contributed by atoms with Crippen LogP contribution < -0.4 is 5.32 Å². The average molecular weight is 221 g/mol. The maximum Gasteiger partial charge on any atom is 0.254 e. The summed E-state index contributed by atoms with van der Waals surface area (Å²) in [5.74, 6) is 0.575. The number of nitrogens with zero attached hydrogens (tertiary/aromatic N) is 1. The van der Waals surface area contributed by atoms with Gasteiger partial charge in [-0.25, -0.2) is 0 Å². The number of hydrogen-bond donors (Lipinski definition) is 2. The van der Waals surface area contributed by atoms with Crippen molar-refractivity contribution in [3.8, 4) is 0 Å². The third-order valence-electron chi connectivity index (χ3n) is 3.44. The van der Waals surface area contributed by atoms with E-state index in [1.165, 1.54) is 25.7 Å². The van der Waals surface area contributed by atoms with Gasteiger partial charge in [-0.05, 0) is 18.8 Å². The summed E-state index contributed by atoms with van der Waals surface area (Å²) in [5, 5.41) is 9.56. The maximum atomic E-state index is 11.9. The standard InChI is InChI=1S/C12H19N3O/c1-9-5-3-2-4-6-11(9)15-12(16)10-7-13-14-8-10/h7-9,11H,2-6H2,1H3,(H,13,14)(H,15,16). The van der Waals surface area contributed by atoms with Crippen molar-refractivity contribution >= 4 is 5.91 Å². The molecule has 4 heteroatoms. The van der Waals surface area contributed by atoms with Crippen molar-refractivity contribution in [2.75, 3.05) is 0 Å². The van der Waals surface area contributed by atoms with E-state index in [2.05, 4.69) is 22.4 Å². The molecule has 0 aliphatic heterocycles. The van der Waals surface area contributed by atoms with Crippen LogP contribution in [0.5, 0.6) is 0 Å². The van der Waals surface area contributed by atoms with Gasteiger partial charge >= 0.3 is 0 Å². The second kappa shape index (κ2) is 5.14. The van der Waals surface area contributed by atoms with Gasteiger partial charge in [0.05, 0.1) is 11.8 Å². The zero-order valence-electron chi connectivity index (χ0n) is 9.70. The first kappa shape index (κ1) is 11.2. The number of nitrogens with one attached hydrogen (secondary N) is 2. The lowest BCUT2D eigenvalue weighted by molar-refractivity contribution is 0.0921. The third-order valence-corrected chi connectivity index (χ3v) is 3.44. The van der Waals surface area contributed by atoms with Gasteiger partial charge in [-0.1, -0.05) is 26.2 Å². The van der Waals surface area contributed by atoms with Gasteiger partial charge in [0.15, 0.2) is 0 Å². The van der Waals surface area contributed by atoms with Gasteiger partial charge in [-0.2, -0.15) is 5.10 Å². The lowest BCUT2D eigenvalue weighted by atomic mass is 9.97. The van der Waals surface area contributed by atoms with Crippen LogP contribution in [-0.4, -0.2) is 22.1 Å². The first-order valence-corrected chi connectivity index (χ1v) is 6.07. The number of aromatic nitrogens is 2. The van der Waals surface area contributed by atoms with Crippen LogP contribution >= 0.6 is 0 Å². The molecular formula is C12H19N3O. The van der Waals surface area contributed by atoms with Crippen LogP contribution in [0.3, 0.4) is 0 Å². The molecule has 88 valence electrons. The van der Waals surface area contributed by atoms with E-state index in [1.807, 2.05) is 0 Å². The number of amides is 1. The molecule has 1 fully saturated rings. The molecule has 4 nitrogen and oxygen atoms in total. The number of rotatable bonds is 2. The van der Waals surface area contributed by atoms with Crippen LogP contribution in [0, 0.1) is 5.92 Å². The summed E-state index contributed by atoms with van der Waals surface area (Å²) >= 11 is 0. The Labute approximate surface area is 95.8 Å². The number of H-pyrrole nitrogens is 1. The minimum Gasteiger partial charge on any atom is -0.349 e. The van der Waals surface area contributed by atoms with Gasteiger partial charge in [0.1, 0.15) is 0 Å². The van der Waals surface area contributed by atoms with E-state index in [0.717, 1.165) is 6.42 Å². The molecule has 0 aromatic carbocycles. The van der Waals surface area contributed by atoms with Gasteiger partial charge < -0.3 is 5.32 Å². The van der Waals surface area contributed by atoms with E-state index in [1.54, 1.807) is 12.4 Å². The van der Waals surface area contributed by atoms with Gasteiger partial charge in [0.2, 0.25) is 0 Å². The second-order valence-corrected chi connectivity index (χ2v) is 4.68. The van der Waals surface area contributed by atoms with Crippen molar-refractivity contribution in [2.24, 2.45) is 5.92 Å². The zero-order chi connectivity index (χ0) is 11.4. The number of hydrogen-bond acceptors (Lipinski definition) is 2. The first-order chi connectivity index (χ1) is 7.77. The normalized spacial score (nSPS) is 26.1. The minimum atomic E-state index is -0.00694. The summed E-state index contributed by atoms with van der Waals surface area (Å²) in [5.41, 5.74) is 0.622. The molecule has 0 spiro atoms. The quantitative estimate of drug-likeness (QED) is 0.751. The fourth-order valence-electron chi connectivity index (χ4n) is 2.33. The molecule has 1 amide bonds. The van der Waals surface area contributed by atoms with Crippen molar-refractivity contribution in [2.45, 2.75) is 45.1 Å². The maximum absolute atomic E-state index is 11.9. The average Bonchev–Trinajstić information content (AvgIpc) is 2.73. The highest BCUT2D eigenvalue weighted by atomic mass is 16.1. The van der Waals surface area contributed by atoms with Crippen LogP contribution in [0.15, 0.2) is 12.4 Å². The SMILES string of the molecule is CC1CCCCCC1NC(=O)c1cn[nH]c1. The Morgan fingerprint density at radius 1 is 1.44 bits per heavy atom. The van der Waals surface area contributed by atoms with Gasteiger partial charge in [0, 0.05) is 12.2 Å². The summed E-state index contributed by atoms with van der Waals surface area (Å²) in [6.45, 7) is 2.23. The van der Waals surface area contributed by atoms with Gasteiger partial charge in [-0.15, -0.1) is 0 Å². The molecule has 16 heavy (non-hydrogen) atoms. The largest absolute Gasteiger partial charge is 0.349 e. The fraction of sp³-hybridized carbons (Fsp3) is 0.667. The van der Waals surface area contributed by atoms with E-state index < -0.39 is 0 Å². The molecule has 1 saturated carbocycles. The third kappa shape index (κ3) is 2.62. The zero-order valence-corrected chi connectivity index (χ0v) is 9.70. The van der Waals surface area contributed by atoms with Crippen molar-refractivity contribution in [3.05, 3.63) is 18.0 Å². The molecule has 1 aromatic rings. The van der Waals surface area contributed by atoms with Crippen LogP contribution in [0.25, 0.3) is 0 Å². The Kier molecular flexibility index (Phi) is 3.59. The summed E-state index contributed by atoms with van der Waals surface area (Å²) < 4.78 is 0. The van der Waals surface area contributed by atoms with Crippen LogP contribution in [0.1, 0.15) is 49.4 Å². The molecule has 1 aliphatic rings. The number of carbonyl (C=O) groups is 1. The molecule has 2 unspecified atom stereocenters. The molecule has 0 radical (unpaired) electrons. The van der Waals surface area contributed by atoms with Gasteiger partial charge in [0.25, 0.3) is 5.91 Å². The molecule has 2 N–H and O–H groups in total. The molecule has 1 heterocycles. The highest BCUT2D eigenvalue weighted by molar-refractivity contribution is 5.93. The van der Waals surface area contributed by atoms with E-state index in [-0.39, 0.29) is 5.91 Å². The summed E-state index contributed by atoms with van der Waals surface area (Å²) in [7, 11) is 0. The van der Waals surface area contributed by atoms with E-state index in [9.17, 15) is 4.79 Å². The van der Waals surface area contributed by atoms with Crippen LogP contribution in [0.4, 0.5) is 0 Å². The smallest absolute Gasteiger partial charge is 0.254 e. The first-order valence-electron chi connectivity index (χ1n) is 6.07. The van der Waals surface area contributed by atoms with Crippen molar-refractivity contribution < 1.29 is 4.79 Å². The minimum absolute atomic E-state index is 0.00694. The molecule has 1 aromatic heterocycles. The Balaban J connectivity index is 1.95. The Hall–Kier alpha value is -1.32. The summed E-state index contributed by atoms with van der Waals surface area (Å²) in [4.78, 5) is 11.9. The summed E-state index contributed by atoms with van der Waals surface area (Å²) in [6, 6.07) is 0.324. The predicted molar refractivity (Wildman–Crippen MR) is 62.1 cm³/mol. The Morgan fingerprint density at radius 2 is 2.25 bits per heavy atom. The molecule has 0 saturated heterocycles. The number of aromatic amines is 1. The second-order valence-electron chi connectivity index (χ2n) is 4.68. The topological polar surface area (TPSA) is 57.8 Å². The molecule has 1 aliphatic carbocycles. The van der Waals surface area contributed by atoms with Crippen LogP contribution in [-0.2, 0) is 0 Å². The highest BCUT2D eigenvalue weighted by Crippen LogP contribution is 2.23. The molecule has 2 atom stereocenters. The monoisotopic (exact) mass is 221 g/mol. The van der Waals surface area contributed by atoms with Gasteiger partial charge in [-0.3, -0.25) is 9.89 Å². The lowest BCUT2D eigenvalue weighted by Crippen LogP contribution is -2.38. The Morgan fingerprint density at radius 3 is 3.00 bits per heavy atom. The predicted octanol–water partition coefficient (Wildman–Crippen LogP) is 2.11. The van der Waals surface area contributed by atoms with E-state index in [4.69, 9.17) is 0 Å². The van der Waals surface area contributed by atoms with E-state index >= 15 is 0 Å². The number of carbonyl (C=O) groups excluding carboxylic acids is 1.